The number of hydrogen-bond acceptors (Lipinski definition) is 5. The van der Waals surface area contributed by atoms with Gasteiger partial charge in [-0.1, -0.05) is 6.07 Å². The van der Waals surface area contributed by atoms with Crippen molar-refractivity contribution in [1.29, 1.82) is 0 Å². The number of anilines is 1. The summed E-state index contributed by atoms with van der Waals surface area (Å²) in [5.41, 5.74) is -0.367. The number of nitrogens with zero attached hydrogens (tertiary/aromatic N) is 2. The molecule has 0 saturated heterocycles. The highest BCUT2D eigenvalue weighted by Gasteiger charge is 2.23. The first-order chi connectivity index (χ1) is 8.49. The SMILES string of the molecule is CC(C)(Nc1cccc(C(=O)O)n1)c1nccs1. The van der Waals surface area contributed by atoms with E-state index < -0.39 is 11.5 Å². The first-order valence-electron chi connectivity index (χ1n) is 5.37. The first-order valence-corrected chi connectivity index (χ1v) is 6.25. The fraction of sp³-hybridized carbons (Fsp3) is 0.250. The quantitative estimate of drug-likeness (QED) is 0.886. The summed E-state index contributed by atoms with van der Waals surface area (Å²) in [4.78, 5) is 19.1. The fourth-order valence-electron chi connectivity index (χ4n) is 1.53. The lowest BCUT2D eigenvalue weighted by Crippen LogP contribution is -2.28. The average molecular weight is 263 g/mol. The van der Waals surface area contributed by atoms with Crippen LogP contribution in [0.4, 0.5) is 5.82 Å². The minimum absolute atomic E-state index is 0.0231. The second-order valence-electron chi connectivity index (χ2n) is 4.30. The number of aromatic carboxylic acids is 1. The molecule has 0 aliphatic carbocycles. The van der Waals surface area contributed by atoms with E-state index in [4.69, 9.17) is 5.11 Å². The number of rotatable bonds is 4. The molecule has 0 unspecified atom stereocenters. The molecular weight excluding hydrogens is 250 g/mol. The Morgan fingerprint density at radius 2 is 2.22 bits per heavy atom. The van der Waals surface area contributed by atoms with Crippen molar-refractivity contribution in [2.24, 2.45) is 0 Å². The zero-order valence-electron chi connectivity index (χ0n) is 10.0. The number of carboxylic acid groups (broad SMARTS) is 1. The maximum atomic E-state index is 10.8. The highest BCUT2D eigenvalue weighted by Crippen LogP contribution is 2.26. The van der Waals surface area contributed by atoms with Crippen molar-refractivity contribution >= 4 is 23.1 Å². The third-order valence-corrected chi connectivity index (χ3v) is 3.47. The molecule has 0 aliphatic rings. The second-order valence-corrected chi connectivity index (χ2v) is 5.20. The zero-order chi connectivity index (χ0) is 13.2. The zero-order valence-corrected chi connectivity index (χ0v) is 10.9. The molecule has 5 nitrogen and oxygen atoms in total. The van der Waals surface area contributed by atoms with Crippen molar-refractivity contribution in [2.75, 3.05) is 5.32 Å². The number of thiazole rings is 1. The van der Waals surface area contributed by atoms with E-state index in [1.165, 1.54) is 6.07 Å². The lowest BCUT2D eigenvalue weighted by Gasteiger charge is -2.24. The van der Waals surface area contributed by atoms with E-state index >= 15 is 0 Å². The van der Waals surface area contributed by atoms with E-state index in [-0.39, 0.29) is 5.69 Å². The molecule has 2 heterocycles. The molecule has 0 amide bonds. The summed E-state index contributed by atoms with van der Waals surface area (Å²) in [7, 11) is 0. The normalized spacial score (nSPS) is 11.2. The van der Waals surface area contributed by atoms with E-state index in [1.807, 2.05) is 19.2 Å². The van der Waals surface area contributed by atoms with Gasteiger partial charge in [-0.25, -0.2) is 14.8 Å². The van der Waals surface area contributed by atoms with Gasteiger partial charge < -0.3 is 10.4 Å². The van der Waals surface area contributed by atoms with Gasteiger partial charge in [-0.3, -0.25) is 0 Å². The monoisotopic (exact) mass is 263 g/mol. The van der Waals surface area contributed by atoms with Gasteiger partial charge in [0, 0.05) is 11.6 Å². The summed E-state index contributed by atoms with van der Waals surface area (Å²) in [5, 5.41) is 14.9. The Bertz CT molecular complexity index is 552. The minimum Gasteiger partial charge on any atom is -0.477 e. The third kappa shape index (κ3) is 2.65. The number of pyridine rings is 1. The van der Waals surface area contributed by atoms with Crippen LogP contribution in [-0.2, 0) is 5.54 Å². The minimum atomic E-state index is -1.04. The predicted molar refractivity (Wildman–Crippen MR) is 70.0 cm³/mol. The standard InChI is InChI=1S/C12H13N3O2S/c1-12(2,11-13-6-7-18-11)15-9-5-3-4-8(14-9)10(16)17/h3-7H,1-2H3,(H,14,15)(H,16,17). The van der Waals surface area contributed by atoms with E-state index in [0.717, 1.165) is 5.01 Å². The molecule has 0 atom stereocenters. The summed E-state index contributed by atoms with van der Waals surface area (Å²) >= 11 is 1.54. The number of aromatic nitrogens is 2. The topological polar surface area (TPSA) is 75.1 Å². The van der Waals surface area contributed by atoms with Crippen LogP contribution in [0.3, 0.4) is 0 Å². The first kappa shape index (κ1) is 12.5. The highest BCUT2D eigenvalue weighted by molar-refractivity contribution is 7.09. The number of nitrogens with one attached hydrogen (secondary N) is 1. The maximum absolute atomic E-state index is 10.8. The molecule has 18 heavy (non-hydrogen) atoms. The maximum Gasteiger partial charge on any atom is 0.354 e. The van der Waals surface area contributed by atoms with Gasteiger partial charge in [0.15, 0.2) is 5.69 Å². The molecule has 2 N–H and O–H groups in total. The van der Waals surface area contributed by atoms with Crippen molar-refractivity contribution in [3.05, 3.63) is 40.5 Å². The van der Waals surface area contributed by atoms with Crippen LogP contribution in [0.2, 0.25) is 0 Å². The largest absolute Gasteiger partial charge is 0.477 e. The van der Waals surface area contributed by atoms with Crippen LogP contribution < -0.4 is 5.32 Å². The van der Waals surface area contributed by atoms with Gasteiger partial charge in [-0.2, -0.15) is 0 Å². The average Bonchev–Trinajstić information content (AvgIpc) is 2.82. The summed E-state index contributed by atoms with van der Waals surface area (Å²) in [6.07, 6.45) is 1.74. The van der Waals surface area contributed by atoms with Gasteiger partial charge in [0.2, 0.25) is 0 Å². The number of carbonyl (C=O) groups is 1. The number of hydrogen-bond donors (Lipinski definition) is 2. The summed E-state index contributed by atoms with van der Waals surface area (Å²) in [5.74, 6) is -0.513. The van der Waals surface area contributed by atoms with Gasteiger partial charge >= 0.3 is 5.97 Å². The molecule has 2 aromatic rings. The molecule has 0 radical (unpaired) electrons. The Labute approximate surface area is 109 Å². The van der Waals surface area contributed by atoms with Crippen LogP contribution in [0.15, 0.2) is 29.8 Å². The van der Waals surface area contributed by atoms with Crippen LogP contribution >= 0.6 is 11.3 Å². The van der Waals surface area contributed by atoms with Crippen molar-refractivity contribution < 1.29 is 9.90 Å². The van der Waals surface area contributed by atoms with Crippen LogP contribution in [0.5, 0.6) is 0 Å². The molecule has 0 fully saturated rings. The fourth-order valence-corrected chi connectivity index (χ4v) is 2.25. The summed E-state index contributed by atoms with van der Waals surface area (Å²) < 4.78 is 0. The van der Waals surface area contributed by atoms with Crippen molar-refractivity contribution in [3.63, 3.8) is 0 Å². The smallest absolute Gasteiger partial charge is 0.354 e. The van der Waals surface area contributed by atoms with Crippen LogP contribution in [0.1, 0.15) is 29.3 Å². The Morgan fingerprint density at radius 3 is 2.83 bits per heavy atom. The van der Waals surface area contributed by atoms with Gasteiger partial charge in [0.1, 0.15) is 10.8 Å². The van der Waals surface area contributed by atoms with E-state index in [2.05, 4.69) is 15.3 Å². The van der Waals surface area contributed by atoms with Crippen LogP contribution in [0, 0.1) is 0 Å². The molecule has 94 valence electrons. The van der Waals surface area contributed by atoms with Crippen molar-refractivity contribution in [2.45, 2.75) is 19.4 Å². The van der Waals surface area contributed by atoms with Crippen LogP contribution in [0.25, 0.3) is 0 Å². The van der Waals surface area contributed by atoms with Crippen molar-refractivity contribution in [1.82, 2.24) is 9.97 Å². The van der Waals surface area contributed by atoms with Gasteiger partial charge in [0.05, 0.1) is 5.54 Å². The Kier molecular flexibility index (Phi) is 3.29. The lowest BCUT2D eigenvalue weighted by atomic mass is 10.1. The second kappa shape index (κ2) is 4.73. The highest BCUT2D eigenvalue weighted by atomic mass is 32.1. The van der Waals surface area contributed by atoms with Gasteiger partial charge in [-0.05, 0) is 26.0 Å². The Balaban J connectivity index is 2.24. The van der Waals surface area contributed by atoms with Gasteiger partial charge in [0.25, 0.3) is 0 Å². The van der Waals surface area contributed by atoms with Gasteiger partial charge in [-0.15, -0.1) is 11.3 Å². The molecule has 2 rings (SSSR count). The van der Waals surface area contributed by atoms with Crippen molar-refractivity contribution in [3.8, 4) is 0 Å². The molecule has 6 heteroatoms. The lowest BCUT2D eigenvalue weighted by molar-refractivity contribution is 0.0690. The molecule has 2 aromatic heterocycles. The molecule has 0 spiro atoms. The number of carboxylic acids is 1. The van der Waals surface area contributed by atoms with Crippen LogP contribution in [-0.4, -0.2) is 21.0 Å². The van der Waals surface area contributed by atoms with E-state index in [1.54, 1.807) is 29.7 Å². The molecule has 0 aliphatic heterocycles. The summed E-state index contributed by atoms with van der Waals surface area (Å²) in [6.45, 7) is 3.95. The molecule has 0 saturated carbocycles. The Morgan fingerprint density at radius 1 is 1.44 bits per heavy atom. The summed E-state index contributed by atoms with van der Waals surface area (Å²) in [6, 6.07) is 4.86. The molecular formula is C12H13N3O2S. The predicted octanol–water partition coefficient (Wildman–Crippen LogP) is 2.58. The Hall–Kier alpha value is -1.95. The molecule has 0 bridgehead atoms. The third-order valence-electron chi connectivity index (χ3n) is 2.38. The van der Waals surface area contributed by atoms with E-state index in [0.29, 0.717) is 5.82 Å². The molecule has 0 aromatic carbocycles. The van der Waals surface area contributed by atoms with E-state index in [9.17, 15) is 4.79 Å².